The SMILES string of the molecule is CC(Oc1ccc(Oc2ccc(C#N)cc2)cc1)C(=O)Nc1ccc(C#N)cc1. The predicted molar refractivity (Wildman–Crippen MR) is 108 cm³/mol. The molecule has 0 spiro atoms. The molecule has 1 amide bonds. The van der Waals surface area contributed by atoms with Crippen LogP contribution in [0.1, 0.15) is 18.1 Å². The number of nitrogens with one attached hydrogen (secondary N) is 1. The molecule has 0 aliphatic rings. The maximum atomic E-state index is 12.3. The van der Waals surface area contributed by atoms with Crippen molar-refractivity contribution in [3.8, 4) is 29.4 Å². The van der Waals surface area contributed by atoms with Gasteiger partial charge in [0.15, 0.2) is 6.10 Å². The van der Waals surface area contributed by atoms with Crippen LogP contribution in [-0.4, -0.2) is 12.0 Å². The molecule has 0 heterocycles. The molecule has 0 bridgehead atoms. The first-order chi connectivity index (χ1) is 14.1. The smallest absolute Gasteiger partial charge is 0.265 e. The summed E-state index contributed by atoms with van der Waals surface area (Å²) in [6.07, 6.45) is -0.712. The van der Waals surface area contributed by atoms with Crippen LogP contribution >= 0.6 is 0 Å². The van der Waals surface area contributed by atoms with E-state index in [2.05, 4.69) is 11.4 Å². The van der Waals surface area contributed by atoms with Gasteiger partial charge in [0.2, 0.25) is 0 Å². The lowest BCUT2D eigenvalue weighted by Gasteiger charge is -2.15. The number of carbonyl (C=O) groups is 1. The van der Waals surface area contributed by atoms with Crippen LogP contribution in [0.3, 0.4) is 0 Å². The van der Waals surface area contributed by atoms with Crippen molar-refractivity contribution in [3.63, 3.8) is 0 Å². The zero-order chi connectivity index (χ0) is 20.6. The van der Waals surface area contributed by atoms with Gasteiger partial charge >= 0.3 is 0 Å². The predicted octanol–water partition coefficient (Wildman–Crippen LogP) is 4.63. The quantitative estimate of drug-likeness (QED) is 0.670. The standard InChI is InChI=1S/C23H17N3O3/c1-16(23(27)26-19-6-2-17(14-24)3-7-19)28-20-10-12-22(13-11-20)29-21-8-4-18(15-25)5-9-21/h2-13,16H,1H3,(H,26,27). The van der Waals surface area contributed by atoms with Gasteiger partial charge in [0, 0.05) is 5.69 Å². The molecule has 3 aromatic carbocycles. The summed E-state index contributed by atoms with van der Waals surface area (Å²) in [5, 5.41) is 20.4. The molecule has 0 aliphatic carbocycles. The normalized spacial score (nSPS) is 10.9. The molecule has 0 radical (unpaired) electrons. The van der Waals surface area contributed by atoms with Crippen molar-refractivity contribution in [2.24, 2.45) is 0 Å². The van der Waals surface area contributed by atoms with Crippen molar-refractivity contribution in [2.75, 3.05) is 5.32 Å². The third-order valence-corrected chi connectivity index (χ3v) is 4.01. The van der Waals surface area contributed by atoms with Crippen LogP contribution in [-0.2, 0) is 4.79 Å². The summed E-state index contributed by atoms with van der Waals surface area (Å²) in [5.74, 6) is 1.46. The van der Waals surface area contributed by atoms with E-state index in [1.54, 1.807) is 79.7 Å². The number of hydrogen-bond donors (Lipinski definition) is 1. The molecule has 29 heavy (non-hydrogen) atoms. The van der Waals surface area contributed by atoms with Crippen LogP contribution in [0.5, 0.6) is 17.2 Å². The summed E-state index contributed by atoms with van der Waals surface area (Å²) in [7, 11) is 0. The molecule has 0 fully saturated rings. The van der Waals surface area contributed by atoms with Crippen molar-refractivity contribution >= 4 is 11.6 Å². The minimum Gasteiger partial charge on any atom is -0.481 e. The molecule has 6 heteroatoms. The topological polar surface area (TPSA) is 95.1 Å². The van der Waals surface area contributed by atoms with Crippen molar-refractivity contribution < 1.29 is 14.3 Å². The summed E-state index contributed by atoms with van der Waals surface area (Å²) >= 11 is 0. The number of nitriles is 2. The van der Waals surface area contributed by atoms with Gasteiger partial charge in [-0.1, -0.05) is 0 Å². The first kappa shape index (κ1) is 19.5. The zero-order valence-electron chi connectivity index (χ0n) is 15.6. The fourth-order valence-corrected chi connectivity index (χ4v) is 2.45. The second-order valence-corrected chi connectivity index (χ2v) is 6.15. The fourth-order valence-electron chi connectivity index (χ4n) is 2.45. The van der Waals surface area contributed by atoms with Gasteiger partial charge in [0.1, 0.15) is 17.2 Å². The van der Waals surface area contributed by atoms with E-state index in [-0.39, 0.29) is 5.91 Å². The molecule has 1 atom stereocenters. The number of hydrogen-bond acceptors (Lipinski definition) is 5. The number of carbonyl (C=O) groups excluding carboxylic acids is 1. The summed E-state index contributed by atoms with van der Waals surface area (Å²) in [5.41, 5.74) is 1.68. The third-order valence-electron chi connectivity index (χ3n) is 4.01. The van der Waals surface area contributed by atoms with E-state index in [0.717, 1.165) is 0 Å². The molecule has 6 nitrogen and oxygen atoms in total. The molecule has 0 saturated carbocycles. The fraction of sp³-hybridized carbons (Fsp3) is 0.0870. The molecule has 142 valence electrons. The van der Waals surface area contributed by atoms with E-state index < -0.39 is 6.10 Å². The minimum atomic E-state index is -0.712. The lowest BCUT2D eigenvalue weighted by molar-refractivity contribution is -0.122. The highest BCUT2D eigenvalue weighted by Gasteiger charge is 2.15. The second-order valence-electron chi connectivity index (χ2n) is 6.15. The first-order valence-electron chi connectivity index (χ1n) is 8.83. The average molecular weight is 383 g/mol. The van der Waals surface area contributed by atoms with Gasteiger partial charge in [0.05, 0.1) is 23.3 Å². The van der Waals surface area contributed by atoms with E-state index in [4.69, 9.17) is 20.0 Å². The van der Waals surface area contributed by atoms with Crippen LogP contribution < -0.4 is 14.8 Å². The molecule has 1 unspecified atom stereocenters. The van der Waals surface area contributed by atoms with Gasteiger partial charge in [-0.25, -0.2) is 0 Å². The Morgan fingerprint density at radius 1 is 0.793 bits per heavy atom. The number of nitrogens with zero attached hydrogens (tertiary/aromatic N) is 2. The number of rotatable bonds is 6. The van der Waals surface area contributed by atoms with E-state index in [0.29, 0.717) is 34.1 Å². The Morgan fingerprint density at radius 2 is 1.24 bits per heavy atom. The van der Waals surface area contributed by atoms with Gasteiger partial charge in [-0.05, 0) is 79.7 Å². The molecular formula is C23H17N3O3. The number of benzene rings is 3. The van der Waals surface area contributed by atoms with Crippen LogP contribution in [0.2, 0.25) is 0 Å². The van der Waals surface area contributed by atoms with Gasteiger partial charge in [-0.2, -0.15) is 10.5 Å². The Hall–Kier alpha value is -4.29. The Balaban J connectivity index is 1.55. The van der Waals surface area contributed by atoms with E-state index in [1.807, 2.05) is 6.07 Å². The molecule has 1 N–H and O–H groups in total. The largest absolute Gasteiger partial charge is 0.481 e. The van der Waals surface area contributed by atoms with Gasteiger partial charge in [0.25, 0.3) is 5.91 Å². The first-order valence-corrected chi connectivity index (χ1v) is 8.83. The van der Waals surface area contributed by atoms with Crippen LogP contribution in [0.4, 0.5) is 5.69 Å². The van der Waals surface area contributed by atoms with Gasteiger partial charge in [-0.3, -0.25) is 4.79 Å². The van der Waals surface area contributed by atoms with Crippen molar-refractivity contribution in [2.45, 2.75) is 13.0 Å². The molecule has 3 aromatic rings. The highest BCUT2D eigenvalue weighted by atomic mass is 16.5. The van der Waals surface area contributed by atoms with Crippen LogP contribution in [0.15, 0.2) is 72.8 Å². The van der Waals surface area contributed by atoms with Crippen LogP contribution in [0.25, 0.3) is 0 Å². The Kier molecular flexibility index (Phi) is 6.09. The zero-order valence-corrected chi connectivity index (χ0v) is 15.6. The third kappa shape index (κ3) is 5.35. The van der Waals surface area contributed by atoms with E-state index in [9.17, 15) is 4.79 Å². The molecule has 0 aromatic heterocycles. The Bertz CT molecular complexity index is 1060. The van der Waals surface area contributed by atoms with Crippen molar-refractivity contribution in [1.29, 1.82) is 10.5 Å². The molecule has 0 aliphatic heterocycles. The number of amides is 1. The molecule has 3 rings (SSSR count). The number of anilines is 1. The maximum Gasteiger partial charge on any atom is 0.265 e. The number of ether oxygens (including phenoxy) is 2. The Labute approximate surface area is 168 Å². The molecular weight excluding hydrogens is 366 g/mol. The lowest BCUT2D eigenvalue weighted by atomic mass is 10.2. The lowest BCUT2D eigenvalue weighted by Crippen LogP contribution is -2.30. The Morgan fingerprint density at radius 3 is 1.76 bits per heavy atom. The maximum absolute atomic E-state index is 12.3. The average Bonchev–Trinajstić information content (AvgIpc) is 2.76. The van der Waals surface area contributed by atoms with Gasteiger partial charge < -0.3 is 14.8 Å². The van der Waals surface area contributed by atoms with Crippen molar-refractivity contribution in [1.82, 2.24) is 0 Å². The summed E-state index contributed by atoms with van der Waals surface area (Å²) in [4.78, 5) is 12.3. The van der Waals surface area contributed by atoms with Crippen molar-refractivity contribution in [3.05, 3.63) is 83.9 Å². The monoisotopic (exact) mass is 383 g/mol. The van der Waals surface area contributed by atoms with Crippen LogP contribution in [0, 0.1) is 22.7 Å². The minimum absolute atomic E-state index is 0.299. The highest BCUT2D eigenvalue weighted by Crippen LogP contribution is 2.24. The molecule has 0 saturated heterocycles. The van der Waals surface area contributed by atoms with E-state index in [1.165, 1.54) is 0 Å². The summed E-state index contributed by atoms with van der Waals surface area (Å²) in [6, 6.07) is 24.4. The van der Waals surface area contributed by atoms with Gasteiger partial charge in [-0.15, -0.1) is 0 Å². The highest BCUT2D eigenvalue weighted by molar-refractivity contribution is 5.94. The second kappa shape index (κ2) is 9.07. The summed E-state index contributed by atoms with van der Waals surface area (Å²) in [6.45, 7) is 1.65. The summed E-state index contributed by atoms with van der Waals surface area (Å²) < 4.78 is 11.4. The van der Waals surface area contributed by atoms with E-state index >= 15 is 0 Å².